The van der Waals surface area contributed by atoms with E-state index < -0.39 is 60.1 Å². The van der Waals surface area contributed by atoms with Crippen molar-refractivity contribution in [2.24, 2.45) is 0 Å². The highest BCUT2D eigenvalue weighted by atomic mass is 19.4. The average molecular weight is 627 g/mol. The molecule has 0 aromatic heterocycles. The van der Waals surface area contributed by atoms with Gasteiger partial charge in [-0.25, -0.2) is 4.79 Å². The Balaban J connectivity index is 1.65. The Bertz CT molecular complexity index is 1380. The molecule has 1 aliphatic rings. The molecule has 0 spiro atoms. The molecule has 3 unspecified atom stereocenters. The van der Waals surface area contributed by atoms with Crippen LogP contribution in [0.4, 0.5) is 13.2 Å². The first-order valence-corrected chi connectivity index (χ1v) is 13.3. The van der Waals surface area contributed by atoms with E-state index >= 15 is 0 Å². The van der Waals surface area contributed by atoms with E-state index in [0.717, 1.165) is 12.1 Å². The largest absolute Gasteiger partial charge is 0.504 e. The first-order chi connectivity index (χ1) is 20.8. The summed E-state index contributed by atoms with van der Waals surface area (Å²) in [7, 11) is 4.36. The van der Waals surface area contributed by atoms with Crippen molar-refractivity contribution in [1.29, 1.82) is 0 Å². The number of halogens is 3. The summed E-state index contributed by atoms with van der Waals surface area (Å²) < 4.78 is 62.8. The standard InChI is InChI=1S/C29H33F3N2O10/c1-41-22-15-24(43-3)23(42-2)14-17(22)6-5-11-44-28(40)18-7-4-10-34(18)27(39)25(29(30,31)32)33-26(38)21(37)13-16-8-9-19(35)20(36)12-16/h5-6,8-9,12,14-15,18,21,25,35-37H,4,7,10-11,13H2,1-3H3,(H,33,38)/b6-5+. The maximum absolute atomic E-state index is 13.9. The second-order valence-electron chi connectivity index (χ2n) is 9.70. The highest BCUT2D eigenvalue weighted by Crippen LogP contribution is 2.35. The molecule has 1 aliphatic heterocycles. The molecule has 3 atom stereocenters. The topological polar surface area (TPSA) is 164 Å². The van der Waals surface area contributed by atoms with Crippen LogP contribution in [0.2, 0.25) is 0 Å². The smallest absolute Gasteiger partial charge is 0.417 e. The van der Waals surface area contributed by atoms with Gasteiger partial charge in [-0.1, -0.05) is 12.1 Å². The molecule has 2 amide bonds. The van der Waals surface area contributed by atoms with E-state index in [0.29, 0.717) is 27.7 Å². The van der Waals surface area contributed by atoms with Crippen LogP contribution < -0.4 is 19.5 Å². The number of rotatable bonds is 12. The zero-order valence-corrected chi connectivity index (χ0v) is 24.1. The van der Waals surface area contributed by atoms with E-state index in [-0.39, 0.29) is 31.6 Å². The van der Waals surface area contributed by atoms with Crippen LogP contribution in [0, 0.1) is 0 Å². The number of carbonyl (C=O) groups is 3. The highest BCUT2D eigenvalue weighted by Gasteiger charge is 2.50. The number of nitrogens with one attached hydrogen (secondary N) is 1. The fraction of sp³-hybridized carbons (Fsp3) is 0.414. The summed E-state index contributed by atoms with van der Waals surface area (Å²) in [4.78, 5) is 38.9. The van der Waals surface area contributed by atoms with Crippen molar-refractivity contribution >= 4 is 23.9 Å². The molecular formula is C29H33F3N2O10. The van der Waals surface area contributed by atoms with Crippen molar-refractivity contribution in [1.82, 2.24) is 10.2 Å². The molecule has 2 aromatic carbocycles. The van der Waals surface area contributed by atoms with Gasteiger partial charge in [0.05, 0.1) is 21.3 Å². The van der Waals surface area contributed by atoms with Crippen molar-refractivity contribution < 1.29 is 61.8 Å². The number of aliphatic hydroxyl groups is 1. The lowest BCUT2D eigenvalue weighted by atomic mass is 10.1. The predicted molar refractivity (Wildman–Crippen MR) is 148 cm³/mol. The number of phenolic OH excluding ortho intramolecular Hbond substituents is 2. The number of benzene rings is 2. The number of ether oxygens (including phenoxy) is 4. The minimum absolute atomic E-state index is 0.0449. The molecular weight excluding hydrogens is 593 g/mol. The maximum Gasteiger partial charge on any atom is 0.417 e. The lowest BCUT2D eigenvalue weighted by Gasteiger charge is -2.29. The third kappa shape index (κ3) is 8.24. The van der Waals surface area contributed by atoms with Gasteiger partial charge in [0.2, 0.25) is 11.9 Å². The van der Waals surface area contributed by atoms with Gasteiger partial charge < -0.3 is 44.5 Å². The lowest BCUT2D eigenvalue weighted by Crippen LogP contribution is -2.59. The molecule has 44 heavy (non-hydrogen) atoms. The van der Waals surface area contributed by atoms with Gasteiger partial charge in [0.25, 0.3) is 5.91 Å². The van der Waals surface area contributed by atoms with Gasteiger partial charge in [-0.2, -0.15) is 13.2 Å². The number of amides is 2. The van der Waals surface area contributed by atoms with Gasteiger partial charge in [-0.3, -0.25) is 9.59 Å². The molecule has 0 aliphatic carbocycles. The van der Waals surface area contributed by atoms with Gasteiger partial charge in [0.15, 0.2) is 23.0 Å². The number of hydrogen-bond donors (Lipinski definition) is 4. The molecule has 15 heteroatoms. The van der Waals surface area contributed by atoms with Crippen molar-refractivity contribution in [2.45, 2.75) is 43.6 Å². The first kappa shape index (κ1) is 33.8. The molecule has 1 heterocycles. The summed E-state index contributed by atoms with van der Waals surface area (Å²) in [6, 6.07) is 2.22. The molecule has 2 aromatic rings. The van der Waals surface area contributed by atoms with Crippen LogP contribution >= 0.6 is 0 Å². The number of hydrogen-bond acceptors (Lipinski definition) is 10. The molecule has 3 rings (SSSR count). The molecule has 240 valence electrons. The van der Waals surface area contributed by atoms with E-state index in [1.54, 1.807) is 18.2 Å². The van der Waals surface area contributed by atoms with Crippen LogP contribution in [0.15, 0.2) is 36.4 Å². The second kappa shape index (κ2) is 14.7. The highest BCUT2D eigenvalue weighted by molar-refractivity contribution is 5.92. The second-order valence-corrected chi connectivity index (χ2v) is 9.70. The summed E-state index contributed by atoms with van der Waals surface area (Å²) in [6.07, 6.45) is -4.48. The molecule has 4 N–H and O–H groups in total. The number of alkyl halides is 3. The average Bonchev–Trinajstić information content (AvgIpc) is 3.48. The Morgan fingerprint density at radius 2 is 1.68 bits per heavy atom. The quantitative estimate of drug-likeness (QED) is 0.203. The van der Waals surface area contributed by atoms with Gasteiger partial charge in [-0.15, -0.1) is 0 Å². The minimum atomic E-state index is -5.25. The van der Waals surface area contributed by atoms with E-state index in [9.17, 15) is 42.9 Å². The summed E-state index contributed by atoms with van der Waals surface area (Å²) in [6.45, 7) is -0.456. The summed E-state index contributed by atoms with van der Waals surface area (Å²) in [5, 5.41) is 30.6. The molecule has 12 nitrogen and oxygen atoms in total. The number of likely N-dealkylation sites (tertiary alicyclic amines) is 1. The van der Waals surface area contributed by atoms with E-state index in [2.05, 4.69) is 0 Å². The van der Waals surface area contributed by atoms with Gasteiger partial charge >= 0.3 is 12.1 Å². The zero-order valence-electron chi connectivity index (χ0n) is 24.1. The Morgan fingerprint density at radius 1 is 1.02 bits per heavy atom. The SMILES string of the molecule is COc1cc(OC)c(OC)cc1/C=C/COC(=O)C1CCCN1C(=O)C(NC(=O)C(O)Cc1ccc(O)c(O)c1)C(F)(F)F. The number of aromatic hydroxyl groups is 2. The summed E-state index contributed by atoms with van der Waals surface area (Å²) in [5.41, 5.74) is 0.700. The van der Waals surface area contributed by atoms with Crippen LogP contribution in [0.5, 0.6) is 28.7 Å². The normalized spacial score (nSPS) is 16.3. The number of phenols is 2. The zero-order chi connectivity index (χ0) is 32.6. The summed E-state index contributed by atoms with van der Waals surface area (Å²) in [5.74, 6) is -3.75. The third-order valence-electron chi connectivity index (χ3n) is 6.80. The van der Waals surface area contributed by atoms with Gasteiger partial charge in [0.1, 0.15) is 24.5 Å². The van der Waals surface area contributed by atoms with Crippen molar-refractivity contribution in [2.75, 3.05) is 34.5 Å². The minimum Gasteiger partial charge on any atom is -0.504 e. The first-order valence-electron chi connectivity index (χ1n) is 13.3. The fourth-order valence-corrected chi connectivity index (χ4v) is 4.56. The van der Waals surface area contributed by atoms with E-state index in [4.69, 9.17) is 18.9 Å². The number of nitrogens with zero attached hydrogens (tertiary/aromatic N) is 1. The van der Waals surface area contributed by atoms with Crippen LogP contribution in [0.3, 0.4) is 0 Å². The van der Waals surface area contributed by atoms with E-state index in [1.807, 2.05) is 0 Å². The number of aliphatic hydroxyl groups excluding tert-OH is 1. The molecule has 0 radical (unpaired) electrons. The van der Waals surface area contributed by atoms with Crippen LogP contribution in [-0.2, 0) is 25.5 Å². The molecule has 1 fully saturated rings. The predicted octanol–water partition coefficient (Wildman–Crippen LogP) is 2.32. The Hall–Kier alpha value is -4.66. The Labute approximate surface area is 250 Å². The van der Waals surface area contributed by atoms with Crippen molar-refractivity contribution in [3.05, 3.63) is 47.5 Å². The van der Waals surface area contributed by atoms with Crippen molar-refractivity contribution in [3.8, 4) is 28.7 Å². The molecule has 0 bridgehead atoms. The van der Waals surface area contributed by atoms with Crippen molar-refractivity contribution in [3.63, 3.8) is 0 Å². The monoisotopic (exact) mass is 626 g/mol. The van der Waals surface area contributed by atoms with Gasteiger partial charge in [-0.05, 0) is 42.7 Å². The van der Waals surface area contributed by atoms with Crippen LogP contribution in [0.25, 0.3) is 6.08 Å². The van der Waals surface area contributed by atoms with Crippen LogP contribution in [-0.4, -0.2) is 96.8 Å². The molecule has 1 saturated heterocycles. The fourth-order valence-electron chi connectivity index (χ4n) is 4.56. The Morgan fingerprint density at radius 3 is 2.30 bits per heavy atom. The maximum atomic E-state index is 13.9. The Kier molecular flexibility index (Phi) is 11.3. The summed E-state index contributed by atoms with van der Waals surface area (Å²) >= 11 is 0. The van der Waals surface area contributed by atoms with E-state index in [1.165, 1.54) is 38.8 Å². The molecule has 0 saturated carbocycles. The number of carbonyl (C=O) groups excluding carboxylic acids is 3. The number of esters is 1. The third-order valence-corrected chi connectivity index (χ3v) is 6.80. The van der Waals surface area contributed by atoms with Gasteiger partial charge in [0, 0.05) is 24.6 Å². The lowest BCUT2D eigenvalue weighted by molar-refractivity contribution is -0.181. The number of methoxy groups -OCH3 is 3. The van der Waals surface area contributed by atoms with Crippen LogP contribution in [0.1, 0.15) is 24.0 Å².